The van der Waals surface area contributed by atoms with Crippen LogP contribution < -0.4 is 0 Å². The molecule has 0 aliphatic carbocycles. The quantitative estimate of drug-likeness (QED) is 0.674. The Morgan fingerprint density at radius 1 is 1.00 bits per heavy atom. The Hall–Kier alpha value is -2.69. The van der Waals surface area contributed by atoms with Gasteiger partial charge in [-0.2, -0.15) is 10.2 Å². The van der Waals surface area contributed by atoms with Gasteiger partial charge in [-0.05, 0) is 55.5 Å². The van der Waals surface area contributed by atoms with Crippen molar-refractivity contribution >= 4 is 17.3 Å². The molecule has 0 fully saturated rings. The molecule has 0 spiro atoms. The van der Waals surface area contributed by atoms with Crippen LogP contribution in [0.2, 0.25) is 0 Å². The summed E-state index contributed by atoms with van der Waals surface area (Å²) in [6.07, 6.45) is 0. The van der Waals surface area contributed by atoms with Gasteiger partial charge in [0.05, 0.1) is 23.5 Å². The molecule has 5 nitrogen and oxygen atoms in total. The van der Waals surface area contributed by atoms with Gasteiger partial charge in [0, 0.05) is 0 Å². The van der Waals surface area contributed by atoms with E-state index in [1.165, 1.54) is 12.1 Å². The Morgan fingerprint density at radius 3 is 2.00 bits per heavy atom. The zero-order valence-corrected chi connectivity index (χ0v) is 11.0. The molecule has 0 aliphatic heterocycles. The number of hydrogen-bond acceptors (Lipinski definition) is 5. The second-order valence-electron chi connectivity index (χ2n) is 3.98. The lowest BCUT2D eigenvalue weighted by Gasteiger charge is -2.01. The van der Waals surface area contributed by atoms with Crippen LogP contribution in [0.15, 0.2) is 58.8 Å². The molecular formula is C15H14N2O3. The van der Waals surface area contributed by atoms with Crippen LogP contribution in [0.25, 0.3) is 0 Å². The minimum absolute atomic E-state index is 0.183. The Morgan fingerprint density at radius 2 is 1.50 bits per heavy atom. The second kappa shape index (κ2) is 6.47. The van der Waals surface area contributed by atoms with Crippen LogP contribution in [-0.2, 0) is 4.74 Å². The maximum atomic E-state index is 11.5. The molecule has 2 aromatic carbocycles. The average Bonchev–Trinajstić information content (AvgIpc) is 2.47. The fourth-order valence-corrected chi connectivity index (χ4v) is 1.51. The highest BCUT2D eigenvalue weighted by molar-refractivity contribution is 5.89. The molecule has 0 saturated carbocycles. The molecule has 0 atom stereocenters. The minimum atomic E-state index is -0.352. The van der Waals surface area contributed by atoms with E-state index in [0.29, 0.717) is 23.5 Å². The molecule has 0 heterocycles. The summed E-state index contributed by atoms with van der Waals surface area (Å²) in [6, 6.07) is 13.1. The van der Waals surface area contributed by atoms with Crippen LogP contribution in [0.1, 0.15) is 17.3 Å². The van der Waals surface area contributed by atoms with Gasteiger partial charge in [0.25, 0.3) is 0 Å². The van der Waals surface area contributed by atoms with E-state index < -0.39 is 0 Å². The molecule has 0 amide bonds. The van der Waals surface area contributed by atoms with Gasteiger partial charge in [0.1, 0.15) is 5.75 Å². The Bertz CT molecular complexity index is 604. The van der Waals surface area contributed by atoms with E-state index in [0.717, 1.165) is 0 Å². The van der Waals surface area contributed by atoms with Gasteiger partial charge in [-0.3, -0.25) is 0 Å². The maximum absolute atomic E-state index is 11.5. The van der Waals surface area contributed by atoms with E-state index in [9.17, 15) is 4.79 Å². The SMILES string of the molecule is CCOC(=O)c1ccc(/N=N/c2ccc(O)cc2)cc1. The van der Waals surface area contributed by atoms with Crippen LogP contribution in [-0.4, -0.2) is 17.7 Å². The molecule has 20 heavy (non-hydrogen) atoms. The third kappa shape index (κ3) is 3.65. The number of benzene rings is 2. The lowest BCUT2D eigenvalue weighted by Crippen LogP contribution is -2.03. The average molecular weight is 270 g/mol. The summed E-state index contributed by atoms with van der Waals surface area (Å²) in [5.74, 6) is -0.169. The number of azo groups is 1. The summed E-state index contributed by atoms with van der Waals surface area (Å²) in [5.41, 5.74) is 1.75. The molecule has 0 radical (unpaired) electrons. The maximum Gasteiger partial charge on any atom is 0.338 e. The first-order chi connectivity index (χ1) is 9.69. The summed E-state index contributed by atoms with van der Waals surface area (Å²) in [6.45, 7) is 2.11. The Kier molecular flexibility index (Phi) is 4.44. The number of rotatable bonds is 4. The second-order valence-corrected chi connectivity index (χ2v) is 3.98. The van der Waals surface area contributed by atoms with Crippen molar-refractivity contribution in [2.24, 2.45) is 10.2 Å². The molecule has 2 aromatic rings. The predicted octanol–water partition coefficient (Wildman–Crippen LogP) is 3.98. The smallest absolute Gasteiger partial charge is 0.338 e. The number of hydrogen-bond donors (Lipinski definition) is 1. The molecule has 102 valence electrons. The van der Waals surface area contributed by atoms with E-state index in [-0.39, 0.29) is 11.7 Å². The number of phenolic OH excluding ortho intramolecular Hbond substituents is 1. The Balaban J connectivity index is 2.07. The molecule has 1 N–H and O–H groups in total. The summed E-state index contributed by atoms with van der Waals surface area (Å²) < 4.78 is 4.89. The highest BCUT2D eigenvalue weighted by Crippen LogP contribution is 2.20. The van der Waals surface area contributed by atoms with Crippen molar-refractivity contribution in [1.29, 1.82) is 0 Å². The van der Waals surface area contributed by atoms with Crippen LogP contribution in [0.4, 0.5) is 11.4 Å². The van der Waals surface area contributed by atoms with Crippen molar-refractivity contribution in [1.82, 2.24) is 0 Å². The van der Waals surface area contributed by atoms with Crippen molar-refractivity contribution in [2.45, 2.75) is 6.92 Å². The topological polar surface area (TPSA) is 71.2 Å². The van der Waals surface area contributed by atoms with E-state index >= 15 is 0 Å². The number of phenols is 1. The van der Waals surface area contributed by atoms with Gasteiger partial charge in [0.15, 0.2) is 0 Å². The van der Waals surface area contributed by atoms with E-state index in [2.05, 4.69) is 10.2 Å². The number of carbonyl (C=O) groups is 1. The van der Waals surface area contributed by atoms with E-state index in [4.69, 9.17) is 9.84 Å². The van der Waals surface area contributed by atoms with Gasteiger partial charge < -0.3 is 9.84 Å². The molecule has 0 aliphatic rings. The van der Waals surface area contributed by atoms with Gasteiger partial charge in [-0.15, -0.1) is 0 Å². The van der Waals surface area contributed by atoms with Crippen LogP contribution in [0.3, 0.4) is 0 Å². The number of aromatic hydroxyl groups is 1. The van der Waals surface area contributed by atoms with E-state index in [1.54, 1.807) is 43.3 Å². The van der Waals surface area contributed by atoms with Crippen molar-refractivity contribution in [3.05, 3.63) is 54.1 Å². The first-order valence-corrected chi connectivity index (χ1v) is 6.17. The summed E-state index contributed by atoms with van der Waals surface area (Å²) in [5, 5.41) is 17.2. The normalized spacial score (nSPS) is 10.7. The number of esters is 1. The summed E-state index contributed by atoms with van der Waals surface area (Å²) in [4.78, 5) is 11.5. The molecule has 5 heteroatoms. The fraction of sp³-hybridized carbons (Fsp3) is 0.133. The van der Waals surface area contributed by atoms with E-state index in [1.807, 2.05) is 0 Å². The standard InChI is InChI=1S/C15H14N2O3/c1-2-20-15(19)11-3-5-12(6-4-11)16-17-13-7-9-14(18)10-8-13/h3-10,18H,2H2,1H3/b17-16+. The van der Waals surface area contributed by atoms with Gasteiger partial charge in [0.2, 0.25) is 0 Å². The zero-order valence-electron chi connectivity index (χ0n) is 11.0. The molecular weight excluding hydrogens is 256 g/mol. The number of carbonyl (C=O) groups excluding carboxylic acids is 1. The van der Waals surface area contributed by atoms with Crippen molar-refractivity contribution in [2.75, 3.05) is 6.61 Å². The fourth-order valence-electron chi connectivity index (χ4n) is 1.51. The highest BCUT2D eigenvalue weighted by atomic mass is 16.5. The lowest BCUT2D eigenvalue weighted by atomic mass is 10.2. The molecule has 0 aromatic heterocycles. The molecule has 0 unspecified atom stereocenters. The zero-order chi connectivity index (χ0) is 14.4. The summed E-state index contributed by atoms with van der Waals surface area (Å²) in [7, 11) is 0. The largest absolute Gasteiger partial charge is 0.508 e. The third-order valence-corrected chi connectivity index (χ3v) is 2.51. The molecule has 0 saturated heterocycles. The van der Waals surface area contributed by atoms with Gasteiger partial charge in [-0.25, -0.2) is 4.79 Å². The Labute approximate surface area is 116 Å². The monoisotopic (exact) mass is 270 g/mol. The minimum Gasteiger partial charge on any atom is -0.508 e. The predicted molar refractivity (Wildman–Crippen MR) is 74.7 cm³/mol. The third-order valence-electron chi connectivity index (χ3n) is 2.51. The number of ether oxygens (including phenoxy) is 1. The lowest BCUT2D eigenvalue weighted by molar-refractivity contribution is 0.0526. The van der Waals surface area contributed by atoms with Crippen LogP contribution in [0.5, 0.6) is 5.75 Å². The van der Waals surface area contributed by atoms with Crippen LogP contribution >= 0.6 is 0 Å². The molecule has 0 bridgehead atoms. The van der Waals surface area contributed by atoms with Gasteiger partial charge >= 0.3 is 5.97 Å². The van der Waals surface area contributed by atoms with Crippen LogP contribution in [0, 0.1) is 0 Å². The highest BCUT2D eigenvalue weighted by Gasteiger charge is 2.05. The van der Waals surface area contributed by atoms with Gasteiger partial charge in [-0.1, -0.05) is 0 Å². The van der Waals surface area contributed by atoms with Crippen molar-refractivity contribution in [3.63, 3.8) is 0 Å². The first-order valence-electron chi connectivity index (χ1n) is 6.17. The number of nitrogens with zero attached hydrogens (tertiary/aromatic N) is 2. The van der Waals surface area contributed by atoms with Crippen molar-refractivity contribution < 1.29 is 14.6 Å². The van der Waals surface area contributed by atoms with Crippen molar-refractivity contribution in [3.8, 4) is 5.75 Å². The first kappa shape index (κ1) is 13.7. The summed E-state index contributed by atoms with van der Waals surface area (Å²) >= 11 is 0. The molecule has 2 rings (SSSR count).